The molecule has 26 heavy (non-hydrogen) atoms. The molecule has 0 unspecified atom stereocenters. The molecule has 0 bridgehead atoms. The van der Waals surface area contributed by atoms with Gasteiger partial charge < -0.3 is 4.57 Å². The van der Waals surface area contributed by atoms with Crippen molar-refractivity contribution in [3.05, 3.63) is 57.5 Å². The number of halogens is 1. The summed E-state index contributed by atoms with van der Waals surface area (Å²) >= 11 is 3.49. The maximum Gasteiger partial charge on any atom is 0.277 e. The summed E-state index contributed by atoms with van der Waals surface area (Å²) in [6.07, 6.45) is 6.21. The van der Waals surface area contributed by atoms with Crippen molar-refractivity contribution in [2.75, 3.05) is 6.54 Å². The number of carbonyl (C=O) groups is 1. The van der Waals surface area contributed by atoms with Crippen LogP contribution in [0.25, 0.3) is 11.8 Å². The molecule has 2 aliphatic rings. The van der Waals surface area contributed by atoms with E-state index in [4.69, 9.17) is 0 Å². The van der Waals surface area contributed by atoms with Gasteiger partial charge in [-0.3, -0.25) is 9.69 Å². The Bertz CT molecular complexity index is 921. The molecule has 1 amide bonds. The molecule has 0 saturated carbocycles. The Labute approximate surface area is 162 Å². The summed E-state index contributed by atoms with van der Waals surface area (Å²) in [5, 5.41) is 0. The van der Waals surface area contributed by atoms with E-state index in [0.29, 0.717) is 5.70 Å². The van der Waals surface area contributed by atoms with Gasteiger partial charge in [-0.1, -0.05) is 22.4 Å². The highest BCUT2D eigenvalue weighted by atomic mass is 79.9. The van der Waals surface area contributed by atoms with Gasteiger partial charge in [-0.15, -0.1) is 0 Å². The van der Waals surface area contributed by atoms with Crippen LogP contribution in [0.2, 0.25) is 0 Å². The SMILES string of the molecule is Cc1cc(/C=C2/N=C3CCCCCN3C2=O)c(C)n1-c1ccc(Br)cc1. The summed E-state index contributed by atoms with van der Waals surface area (Å²) in [4.78, 5) is 19.3. The van der Waals surface area contributed by atoms with E-state index >= 15 is 0 Å². The van der Waals surface area contributed by atoms with Crippen molar-refractivity contribution in [3.63, 3.8) is 0 Å². The van der Waals surface area contributed by atoms with Crippen molar-refractivity contribution in [2.24, 2.45) is 4.99 Å². The first kappa shape index (κ1) is 17.3. The van der Waals surface area contributed by atoms with Gasteiger partial charge >= 0.3 is 0 Å². The number of rotatable bonds is 2. The van der Waals surface area contributed by atoms with Crippen LogP contribution in [0.1, 0.15) is 42.6 Å². The Hall–Kier alpha value is -2.14. The molecular weight excluding hydrogens is 390 g/mol. The van der Waals surface area contributed by atoms with Crippen LogP contribution in [-0.4, -0.2) is 27.8 Å². The lowest BCUT2D eigenvalue weighted by molar-refractivity contribution is -0.122. The summed E-state index contributed by atoms with van der Waals surface area (Å²) in [6.45, 7) is 4.98. The molecule has 0 aliphatic carbocycles. The zero-order chi connectivity index (χ0) is 18.3. The van der Waals surface area contributed by atoms with Crippen molar-refractivity contribution in [2.45, 2.75) is 39.5 Å². The minimum atomic E-state index is 0.0512. The van der Waals surface area contributed by atoms with Crippen molar-refractivity contribution < 1.29 is 4.79 Å². The molecule has 0 atom stereocenters. The quantitative estimate of drug-likeness (QED) is 0.639. The summed E-state index contributed by atoms with van der Waals surface area (Å²) in [6, 6.07) is 10.4. The third kappa shape index (κ3) is 3.05. The second-order valence-electron chi connectivity index (χ2n) is 6.96. The Kier molecular flexibility index (Phi) is 4.57. The molecule has 1 saturated heterocycles. The Morgan fingerprint density at radius 1 is 1.12 bits per heavy atom. The first-order chi connectivity index (χ1) is 12.5. The average molecular weight is 412 g/mol. The molecule has 0 radical (unpaired) electrons. The minimum absolute atomic E-state index is 0.0512. The first-order valence-electron chi connectivity index (χ1n) is 9.10. The molecular formula is C21H22BrN3O. The van der Waals surface area contributed by atoms with E-state index < -0.39 is 0 Å². The van der Waals surface area contributed by atoms with Crippen LogP contribution in [0.15, 0.2) is 45.5 Å². The number of hydrogen-bond acceptors (Lipinski definition) is 2. The van der Waals surface area contributed by atoms with E-state index in [0.717, 1.165) is 58.8 Å². The zero-order valence-corrected chi connectivity index (χ0v) is 16.7. The summed E-state index contributed by atoms with van der Waals surface area (Å²) in [7, 11) is 0. The molecule has 1 aromatic carbocycles. The number of aliphatic imine (C=N–C) groups is 1. The number of benzene rings is 1. The third-order valence-electron chi connectivity index (χ3n) is 5.15. The summed E-state index contributed by atoms with van der Waals surface area (Å²) in [5.41, 5.74) is 5.00. The maximum absolute atomic E-state index is 12.7. The number of hydrogen-bond donors (Lipinski definition) is 0. The Balaban J connectivity index is 1.71. The highest BCUT2D eigenvalue weighted by Crippen LogP contribution is 2.27. The van der Waals surface area contributed by atoms with Crippen LogP contribution >= 0.6 is 15.9 Å². The molecule has 134 valence electrons. The summed E-state index contributed by atoms with van der Waals surface area (Å²) in [5.74, 6) is 0.996. The molecule has 3 heterocycles. The van der Waals surface area contributed by atoms with Gasteiger partial charge in [-0.2, -0.15) is 0 Å². The van der Waals surface area contributed by atoms with Crippen LogP contribution in [0.5, 0.6) is 0 Å². The maximum atomic E-state index is 12.7. The Morgan fingerprint density at radius 2 is 1.88 bits per heavy atom. The summed E-state index contributed by atoms with van der Waals surface area (Å²) < 4.78 is 3.27. The Morgan fingerprint density at radius 3 is 2.65 bits per heavy atom. The normalized spacial score (nSPS) is 18.9. The molecule has 1 aromatic heterocycles. The molecule has 5 heteroatoms. The fourth-order valence-electron chi connectivity index (χ4n) is 3.82. The average Bonchev–Trinajstić information content (AvgIpc) is 2.95. The minimum Gasteiger partial charge on any atom is -0.318 e. The van der Waals surface area contributed by atoms with Gasteiger partial charge in [-0.05, 0) is 68.7 Å². The molecule has 2 aliphatic heterocycles. The van der Waals surface area contributed by atoms with Gasteiger partial charge in [0.2, 0.25) is 0 Å². The highest BCUT2D eigenvalue weighted by molar-refractivity contribution is 9.10. The first-order valence-corrected chi connectivity index (χ1v) is 9.90. The van der Waals surface area contributed by atoms with Gasteiger partial charge in [0.25, 0.3) is 5.91 Å². The van der Waals surface area contributed by atoms with Crippen molar-refractivity contribution in [1.82, 2.24) is 9.47 Å². The number of carbonyl (C=O) groups excluding carboxylic acids is 1. The molecule has 4 nitrogen and oxygen atoms in total. The number of aryl methyl sites for hydroxylation is 1. The van der Waals surface area contributed by atoms with Gasteiger partial charge in [-0.25, -0.2) is 4.99 Å². The van der Waals surface area contributed by atoms with E-state index in [1.54, 1.807) is 0 Å². The fraction of sp³-hybridized carbons (Fsp3) is 0.333. The van der Waals surface area contributed by atoms with Crippen molar-refractivity contribution in [3.8, 4) is 5.69 Å². The predicted octanol–water partition coefficient (Wildman–Crippen LogP) is 5.01. The topological polar surface area (TPSA) is 37.6 Å². The predicted molar refractivity (Wildman–Crippen MR) is 109 cm³/mol. The highest BCUT2D eigenvalue weighted by Gasteiger charge is 2.30. The van der Waals surface area contributed by atoms with Crippen molar-refractivity contribution >= 4 is 33.7 Å². The van der Waals surface area contributed by atoms with Crippen molar-refractivity contribution in [1.29, 1.82) is 0 Å². The fourth-order valence-corrected chi connectivity index (χ4v) is 4.08. The molecule has 2 aromatic rings. The monoisotopic (exact) mass is 411 g/mol. The number of amides is 1. The molecule has 0 spiro atoms. The van der Waals surface area contributed by atoms with E-state index in [2.05, 4.69) is 57.5 Å². The largest absolute Gasteiger partial charge is 0.318 e. The zero-order valence-electron chi connectivity index (χ0n) is 15.1. The van der Waals surface area contributed by atoms with Crippen LogP contribution in [0, 0.1) is 13.8 Å². The third-order valence-corrected chi connectivity index (χ3v) is 5.68. The van der Waals surface area contributed by atoms with Gasteiger partial charge in [0, 0.05) is 34.5 Å². The van der Waals surface area contributed by atoms with Gasteiger partial charge in [0.05, 0.1) is 0 Å². The smallest absolute Gasteiger partial charge is 0.277 e. The van der Waals surface area contributed by atoms with E-state index in [-0.39, 0.29) is 5.91 Å². The lowest BCUT2D eigenvalue weighted by atomic mass is 10.2. The standard InChI is InChI=1S/C21H22BrN3O/c1-14-12-16(15(2)25(14)18-9-7-17(22)8-10-18)13-19-21(26)24-11-5-3-4-6-20(24)23-19/h7-10,12-13H,3-6,11H2,1-2H3/b19-13+. The number of amidine groups is 1. The number of fused-ring (bicyclic) bond motifs is 1. The van der Waals surface area contributed by atoms with Crippen LogP contribution in [-0.2, 0) is 4.79 Å². The molecule has 4 rings (SSSR count). The van der Waals surface area contributed by atoms with Crippen LogP contribution < -0.4 is 0 Å². The second kappa shape index (κ2) is 6.88. The number of nitrogens with zero attached hydrogens (tertiary/aromatic N) is 3. The van der Waals surface area contributed by atoms with Crippen LogP contribution in [0.3, 0.4) is 0 Å². The van der Waals surface area contributed by atoms with E-state index in [1.807, 2.05) is 23.1 Å². The van der Waals surface area contributed by atoms with Gasteiger partial charge in [0.1, 0.15) is 11.5 Å². The van der Waals surface area contributed by atoms with Crippen LogP contribution in [0.4, 0.5) is 0 Å². The number of aromatic nitrogens is 1. The second-order valence-corrected chi connectivity index (χ2v) is 7.88. The van der Waals surface area contributed by atoms with E-state index in [1.165, 1.54) is 6.42 Å². The lowest BCUT2D eigenvalue weighted by Crippen LogP contribution is -2.31. The molecule has 0 N–H and O–H groups in total. The van der Waals surface area contributed by atoms with Gasteiger partial charge in [0.15, 0.2) is 0 Å². The van der Waals surface area contributed by atoms with E-state index in [9.17, 15) is 4.79 Å². The molecule has 1 fully saturated rings. The lowest BCUT2D eigenvalue weighted by Gasteiger charge is -2.14.